The van der Waals surface area contributed by atoms with E-state index in [9.17, 15) is 0 Å². The number of nitrogens with two attached hydrogens (primary N) is 1. The molecular weight excluding hydrogens is 366 g/mol. The normalized spacial score (nSPS) is 9.62. The average molecular weight is 390 g/mol. The number of benzene rings is 1. The summed E-state index contributed by atoms with van der Waals surface area (Å²) >= 11 is 0. The van der Waals surface area contributed by atoms with Crippen molar-refractivity contribution in [3.63, 3.8) is 0 Å². The quantitative estimate of drug-likeness (QED) is 0.381. The van der Waals surface area contributed by atoms with E-state index in [0.29, 0.717) is 5.82 Å². The molecule has 0 aliphatic carbocycles. The molecule has 0 aliphatic heterocycles. The third-order valence-corrected chi connectivity index (χ3v) is 3.85. The molecule has 0 aliphatic rings. The Morgan fingerprint density at radius 3 is 2.21 bits per heavy atom. The Hall–Kier alpha value is -3.99. The molecule has 4 rings (SSSR count). The molecule has 3 heterocycles. The maximum Gasteiger partial charge on any atom is 0.328 e. The summed E-state index contributed by atoms with van der Waals surface area (Å²) in [5.41, 5.74) is 11.4. The highest BCUT2D eigenvalue weighted by Crippen LogP contribution is 2.07. The van der Waals surface area contributed by atoms with E-state index < -0.39 is 0 Å². The molecule has 0 spiro atoms. The van der Waals surface area contributed by atoms with Crippen molar-refractivity contribution < 1.29 is 9.62 Å². The van der Waals surface area contributed by atoms with E-state index in [1.807, 2.05) is 85.7 Å². The van der Waals surface area contributed by atoms with Crippen LogP contribution in [0.1, 0.15) is 22.5 Å². The lowest BCUT2D eigenvalue weighted by Crippen LogP contribution is -2.25. The maximum atomic E-state index is 7.10. The number of nitrogen functional groups attached to an aromatic ring is 1. The zero-order valence-corrected chi connectivity index (χ0v) is 16.9. The zero-order valence-electron chi connectivity index (χ0n) is 16.9. The summed E-state index contributed by atoms with van der Waals surface area (Å²) in [7, 11) is 0. The van der Waals surface area contributed by atoms with Crippen LogP contribution in [0, 0.1) is 40.2 Å². The molecule has 0 atom stereocenters. The Labute approximate surface area is 169 Å². The number of aliphatic hydroxyl groups excluding tert-OH is 1. The first-order valence-electron chi connectivity index (χ1n) is 8.82. The molecule has 4 aromatic rings. The highest BCUT2D eigenvalue weighted by Gasteiger charge is 2.15. The number of aliphatic hydroxyl groups is 1. The first-order valence-corrected chi connectivity index (χ1v) is 8.82. The molecule has 0 amide bonds. The topological polar surface area (TPSA) is 107 Å². The van der Waals surface area contributed by atoms with Gasteiger partial charge in [0.1, 0.15) is 17.6 Å². The Kier molecular flexibility index (Phi) is 7.20. The minimum absolute atomic E-state index is 0.514. The fourth-order valence-electron chi connectivity index (χ4n) is 2.57. The van der Waals surface area contributed by atoms with Crippen molar-refractivity contribution in [2.24, 2.45) is 0 Å². The lowest BCUT2D eigenvalue weighted by atomic mass is 10.3. The largest absolute Gasteiger partial charge is 0.462 e. The number of aromatic nitrogens is 6. The lowest BCUT2D eigenvalue weighted by molar-refractivity contribution is -0.582. The smallest absolute Gasteiger partial charge is 0.328 e. The van der Waals surface area contributed by atoms with E-state index >= 15 is 0 Å². The number of para-hydroxylation sites is 1. The van der Waals surface area contributed by atoms with Crippen molar-refractivity contribution in [2.75, 3.05) is 5.73 Å². The lowest BCUT2D eigenvalue weighted by Gasteiger charge is -1.95. The van der Waals surface area contributed by atoms with Gasteiger partial charge in [0.15, 0.2) is 0 Å². The van der Waals surface area contributed by atoms with Crippen molar-refractivity contribution in [3.05, 3.63) is 71.3 Å². The van der Waals surface area contributed by atoms with Crippen LogP contribution in [0.2, 0.25) is 0 Å². The first kappa shape index (κ1) is 21.3. The summed E-state index contributed by atoms with van der Waals surface area (Å²) in [4.78, 5) is 0. The molecular formula is C21H24N7O+. The fraction of sp³-hybridized carbons (Fsp3) is 0.190. The molecule has 1 aromatic carbocycles. The fourth-order valence-corrected chi connectivity index (χ4v) is 2.57. The van der Waals surface area contributed by atoms with Crippen LogP contribution < -0.4 is 10.2 Å². The van der Waals surface area contributed by atoms with Crippen LogP contribution >= 0.6 is 0 Å². The summed E-state index contributed by atoms with van der Waals surface area (Å²) in [5, 5.41) is 23.5. The number of hydrogen-bond donors (Lipinski definition) is 2. The van der Waals surface area contributed by atoms with E-state index in [-0.39, 0.29) is 0 Å². The van der Waals surface area contributed by atoms with Gasteiger partial charge in [-0.2, -0.15) is 5.10 Å². The van der Waals surface area contributed by atoms with Gasteiger partial charge in [0.25, 0.3) is 6.33 Å². The second-order valence-electron chi connectivity index (χ2n) is 6.32. The molecule has 0 saturated carbocycles. The third kappa shape index (κ3) is 5.74. The molecule has 0 saturated heterocycles. The standard InChI is InChI=1S/C13H13N4.C6H9N3.C2H2O/c1-10-8-11(2)14-17-9-16(15-13(10)17)12-6-4-3-5-7-12;1-4-3-5(2)8-9-6(4)7;1-2-3/h3-9H,1-2H3;3H,1-2H3,(H2,7,9);1,3H/q+1;;. The monoisotopic (exact) mass is 390 g/mol. The Balaban J connectivity index is 0.000000211. The van der Waals surface area contributed by atoms with E-state index in [4.69, 9.17) is 10.8 Å². The second kappa shape index (κ2) is 9.80. The SMILES string of the molecule is C#CO.Cc1cc(C)c(N)nn1.Cc1cc(C)c2nn(-c3ccccc3)c[n+]2n1. The van der Waals surface area contributed by atoms with E-state index in [1.165, 1.54) is 6.11 Å². The summed E-state index contributed by atoms with van der Waals surface area (Å²) in [5.74, 6) is 0.514. The summed E-state index contributed by atoms with van der Waals surface area (Å²) in [6.45, 7) is 7.84. The maximum absolute atomic E-state index is 7.10. The van der Waals surface area contributed by atoms with E-state index in [2.05, 4.69) is 26.8 Å². The molecule has 29 heavy (non-hydrogen) atoms. The van der Waals surface area contributed by atoms with Crippen molar-refractivity contribution in [1.29, 1.82) is 0 Å². The Morgan fingerprint density at radius 1 is 1.00 bits per heavy atom. The number of rotatable bonds is 1. The molecule has 3 N–H and O–H groups in total. The van der Waals surface area contributed by atoms with Gasteiger partial charge in [0.05, 0.1) is 16.5 Å². The van der Waals surface area contributed by atoms with Gasteiger partial charge in [-0.25, -0.2) is 0 Å². The molecule has 0 bridgehead atoms. The Bertz CT molecular complexity index is 1130. The minimum Gasteiger partial charge on any atom is -0.462 e. The van der Waals surface area contributed by atoms with Crippen molar-refractivity contribution >= 4 is 11.5 Å². The van der Waals surface area contributed by atoms with Crippen LogP contribution in [-0.4, -0.2) is 30.2 Å². The minimum atomic E-state index is 0.514. The number of hydrogen-bond acceptors (Lipinski definition) is 6. The molecule has 0 radical (unpaired) electrons. The summed E-state index contributed by atoms with van der Waals surface area (Å²) < 4.78 is 3.66. The number of nitrogens with zero attached hydrogens (tertiary/aromatic N) is 6. The Morgan fingerprint density at radius 2 is 1.62 bits per heavy atom. The van der Waals surface area contributed by atoms with Gasteiger partial charge in [-0.15, -0.1) is 14.7 Å². The van der Waals surface area contributed by atoms with Gasteiger partial charge in [0.2, 0.25) is 0 Å². The molecule has 0 fully saturated rings. The first-order chi connectivity index (χ1) is 13.8. The molecule has 8 heteroatoms. The number of aryl methyl sites for hydroxylation is 4. The van der Waals surface area contributed by atoms with Gasteiger partial charge in [-0.3, -0.25) is 0 Å². The van der Waals surface area contributed by atoms with Crippen molar-refractivity contribution in [2.45, 2.75) is 27.7 Å². The van der Waals surface area contributed by atoms with Crippen LogP contribution in [0.15, 0.2) is 48.8 Å². The van der Waals surface area contributed by atoms with Gasteiger partial charge < -0.3 is 10.8 Å². The van der Waals surface area contributed by atoms with E-state index in [1.54, 1.807) is 0 Å². The second-order valence-corrected chi connectivity index (χ2v) is 6.32. The van der Waals surface area contributed by atoms with Gasteiger partial charge in [-0.1, -0.05) is 29.3 Å². The molecule has 0 unspecified atom stereocenters. The zero-order chi connectivity index (χ0) is 21.4. The van der Waals surface area contributed by atoms with Crippen molar-refractivity contribution in [1.82, 2.24) is 25.1 Å². The highest BCUT2D eigenvalue weighted by molar-refractivity contribution is 5.40. The number of fused-ring (bicyclic) bond motifs is 1. The van der Waals surface area contributed by atoms with Gasteiger partial charge in [0, 0.05) is 5.56 Å². The van der Waals surface area contributed by atoms with Crippen LogP contribution in [0.3, 0.4) is 0 Å². The average Bonchev–Trinajstić information content (AvgIpc) is 3.11. The predicted octanol–water partition coefficient (Wildman–Crippen LogP) is 2.25. The van der Waals surface area contributed by atoms with Crippen molar-refractivity contribution in [3.8, 4) is 18.2 Å². The number of anilines is 1. The van der Waals surface area contributed by atoms with E-state index in [0.717, 1.165) is 33.8 Å². The van der Waals surface area contributed by atoms with Crippen LogP contribution in [0.25, 0.3) is 11.3 Å². The van der Waals surface area contributed by atoms with Gasteiger partial charge >= 0.3 is 5.65 Å². The molecule has 148 valence electrons. The summed E-state index contributed by atoms with van der Waals surface area (Å²) in [6, 6.07) is 14.0. The van der Waals surface area contributed by atoms with Crippen LogP contribution in [-0.2, 0) is 0 Å². The van der Waals surface area contributed by atoms with Crippen LogP contribution in [0.4, 0.5) is 5.82 Å². The number of terminal acetylenes is 1. The molecule has 8 nitrogen and oxygen atoms in total. The van der Waals surface area contributed by atoms with Gasteiger partial charge in [-0.05, 0) is 57.5 Å². The molecule has 3 aromatic heterocycles. The highest BCUT2D eigenvalue weighted by atomic mass is 16.2. The predicted molar refractivity (Wildman–Crippen MR) is 111 cm³/mol. The summed E-state index contributed by atoms with van der Waals surface area (Å²) in [6.07, 6.45) is 7.30. The van der Waals surface area contributed by atoms with Crippen LogP contribution in [0.5, 0.6) is 0 Å². The third-order valence-electron chi connectivity index (χ3n) is 3.85.